The van der Waals surface area contributed by atoms with Gasteiger partial charge in [0.2, 0.25) is 0 Å². The summed E-state index contributed by atoms with van der Waals surface area (Å²) in [6.45, 7) is 3.82. The van der Waals surface area contributed by atoms with Gasteiger partial charge in [-0.15, -0.1) is 0 Å². The highest BCUT2D eigenvalue weighted by Crippen LogP contribution is 2.63. The number of ether oxygens (including phenoxy) is 1. The molecule has 0 radical (unpaired) electrons. The summed E-state index contributed by atoms with van der Waals surface area (Å²) in [4.78, 5) is 0. The Bertz CT molecular complexity index is 1410. The molecule has 0 heterocycles. The minimum Gasteiger partial charge on any atom is -0.379 e. The highest BCUT2D eigenvalue weighted by atomic mass is 19.2. The van der Waals surface area contributed by atoms with Crippen molar-refractivity contribution in [2.45, 2.75) is 256 Å². The summed E-state index contributed by atoms with van der Waals surface area (Å²) in [7, 11) is 0. The molecule has 65 heavy (non-hydrogen) atoms. The molecular formula is C58H92F6O. The molecule has 0 unspecified atom stereocenters. The van der Waals surface area contributed by atoms with Crippen LogP contribution in [0.15, 0.2) is 47.6 Å². The van der Waals surface area contributed by atoms with E-state index in [1.807, 2.05) is 0 Å². The van der Waals surface area contributed by atoms with Crippen LogP contribution in [-0.4, -0.2) is 24.6 Å². The predicted octanol–water partition coefficient (Wildman–Crippen LogP) is 19.7. The average Bonchev–Trinajstić information content (AvgIpc) is 3.34. The number of hydrogen-bond acceptors (Lipinski definition) is 1. The molecule has 0 amide bonds. The smallest absolute Gasteiger partial charge is 0.188 e. The molecule has 372 valence electrons. The number of hydrogen-bond donors (Lipinski definition) is 0. The highest BCUT2D eigenvalue weighted by molar-refractivity contribution is 5.37. The zero-order valence-electron chi connectivity index (χ0n) is 41.3. The molecule has 1 nitrogen and oxygen atoms in total. The van der Waals surface area contributed by atoms with Crippen LogP contribution in [0.4, 0.5) is 26.3 Å². The number of alkyl halides is 2. The topological polar surface area (TPSA) is 9.23 Å². The minimum absolute atomic E-state index is 0.00342. The zero-order valence-corrected chi connectivity index (χ0v) is 41.3. The van der Waals surface area contributed by atoms with Crippen molar-refractivity contribution in [3.8, 4) is 0 Å². The number of rotatable bonds is 26. The first-order valence-corrected chi connectivity index (χ1v) is 28.0. The second kappa shape index (κ2) is 25.9. The van der Waals surface area contributed by atoms with Crippen LogP contribution < -0.4 is 0 Å². The third kappa shape index (κ3) is 12.6. The maximum Gasteiger partial charge on any atom is 0.188 e. The molecule has 4 saturated carbocycles. The van der Waals surface area contributed by atoms with E-state index >= 15 is 26.3 Å². The molecule has 6 aliphatic carbocycles. The molecule has 4 atom stereocenters. The molecule has 0 N–H and O–H groups in total. The molecule has 6 rings (SSSR count). The van der Waals surface area contributed by atoms with Gasteiger partial charge in [-0.3, -0.25) is 0 Å². The van der Waals surface area contributed by atoms with Crippen LogP contribution in [0, 0.1) is 46.3 Å². The maximum atomic E-state index is 17.5. The summed E-state index contributed by atoms with van der Waals surface area (Å²) in [6.07, 6.45) is 43.5. The van der Waals surface area contributed by atoms with Crippen LogP contribution in [0.5, 0.6) is 0 Å². The second-order valence-corrected chi connectivity index (χ2v) is 22.6. The first kappa shape index (κ1) is 52.9. The molecule has 0 aliphatic heterocycles. The maximum absolute atomic E-state index is 17.5. The van der Waals surface area contributed by atoms with Crippen molar-refractivity contribution >= 4 is 0 Å². The highest BCUT2D eigenvalue weighted by Gasteiger charge is 2.61. The molecule has 0 aromatic carbocycles. The Hall–Kier alpha value is -1.50. The average molecular weight is 919 g/mol. The van der Waals surface area contributed by atoms with Crippen LogP contribution in [0.25, 0.3) is 0 Å². The monoisotopic (exact) mass is 919 g/mol. The molecule has 0 bridgehead atoms. The van der Waals surface area contributed by atoms with Gasteiger partial charge in [-0.1, -0.05) is 206 Å². The van der Waals surface area contributed by atoms with Crippen molar-refractivity contribution in [2.24, 2.45) is 46.3 Å². The number of allylic oxidation sites excluding steroid dienone is 4. The van der Waals surface area contributed by atoms with Crippen molar-refractivity contribution in [1.82, 2.24) is 0 Å². The SMILES string of the molecule is CCCCCCCCCCC1CCC(C2([C@@]3(F)C=C[C@@H](COC[C@@H]4C=C[C@](F)(C5(C6CCC(CCCCCCCCCC)CC6)CCCCC5)C(F)=C4F)C(F)=C3F)CCCCC2)CC1. The summed E-state index contributed by atoms with van der Waals surface area (Å²) in [6, 6.07) is 0. The summed E-state index contributed by atoms with van der Waals surface area (Å²) in [5.41, 5.74) is -6.98. The second-order valence-electron chi connectivity index (χ2n) is 22.6. The van der Waals surface area contributed by atoms with E-state index in [9.17, 15) is 0 Å². The third-order valence-corrected chi connectivity index (χ3v) is 18.5. The van der Waals surface area contributed by atoms with Gasteiger partial charge >= 0.3 is 0 Å². The third-order valence-electron chi connectivity index (χ3n) is 18.5. The van der Waals surface area contributed by atoms with Gasteiger partial charge in [0.15, 0.2) is 23.0 Å². The van der Waals surface area contributed by atoms with Crippen molar-refractivity contribution in [3.63, 3.8) is 0 Å². The summed E-state index contributed by atoms with van der Waals surface area (Å²) >= 11 is 0. The van der Waals surface area contributed by atoms with Crippen molar-refractivity contribution < 1.29 is 31.1 Å². The van der Waals surface area contributed by atoms with Crippen LogP contribution in [0.1, 0.15) is 245 Å². The van der Waals surface area contributed by atoms with E-state index in [-0.39, 0.29) is 25.0 Å². The van der Waals surface area contributed by atoms with E-state index in [4.69, 9.17) is 4.74 Å². The van der Waals surface area contributed by atoms with Gasteiger partial charge in [0.05, 0.1) is 25.0 Å². The Morgan fingerprint density at radius 1 is 0.446 bits per heavy atom. The first-order chi connectivity index (χ1) is 31.5. The van der Waals surface area contributed by atoms with Crippen LogP contribution >= 0.6 is 0 Å². The fourth-order valence-electron chi connectivity index (χ4n) is 14.5. The number of unbranched alkanes of at least 4 members (excludes halogenated alkanes) is 14. The largest absolute Gasteiger partial charge is 0.379 e. The Balaban J connectivity index is 1.00. The lowest BCUT2D eigenvalue weighted by molar-refractivity contribution is -0.0619. The van der Waals surface area contributed by atoms with Crippen LogP contribution in [0.2, 0.25) is 0 Å². The molecule has 0 saturated heterocycles. The van der Waals surface area contributed by atoms with Gasteiger partial charge in [0, 0.05) is 10.8 Å². The van der Waals surface area contributed by atoms with E-state index in [1.165, 1.54) is 140 Å². The van der Waals surface area contributed by atoms with Gasteiger partial charge in [-0.2, -0.15) is 0 Å². The van der Waals surface area contributed by atoms with Crippen molar-refractivity contribution in [2.75, 3.05) is 13.2 Å². The van der Waals surface area contributed by atoms with E-state index in [1.54, 1.807) is 0 Å². The Morgan fingerprint density at radius 2 is 0.769 bits per heavy atom. The molecule has 0 spiro atoms. The molecule has 0 aromatic rings. The van der Waals surface area contributed by atoms with E-state index in [0.717, 1.165) is 89.9 Å². The molecular weight excluding hydrogens is 827 g/mol. The first-order valence-electron chi connectivity index (χ1n) is 28.0. The van der Waals surface area contributed by atoms with Gasteiger partial charge < -0.3 is 4.74 Å². The molecule has 4 fully saturated rings. The van der Waals surface area contributed by atoms with Gasteiger partial charge in [-0.05, 0) is 87.2 Å². The van der Waals surface area contributed by atoms with Crippen molar-refractivity contribution in [1.29, 1.82) is 0 Å². The van der Waals surface area contributed by atoms with Gasteiger partial charge in [0.1, 0.15) is 11.7 Å². The van der Waals surface area contributed by atoms with E-state index < -0.39 is 57.3 Å². The lowest BCUT2D eigenvalue weighted by Crippen LogP contribution is -2.52. The zero-order chi connectivity index (χ0) is 46.2. The lowest BCUT2D eigenvalue weighted by Gasteiger charge is -2.53. The standard InChI is InChI=1S/C58H92F6O/c1-3-5-7-9-11-13-15-19-25-45-27-31-49(32-28-45)55(37-21-17-22-38-55)57(63)41-35-47(51(59)53(57)61)43-65-44-48-36-42-58(64,54(62)52(48)60)56(39-23-18-24-40-56)50-33-29-46(30-34-50)26-20-16-14-12-10-8-6-4-2/h35-36,41-42,45-50H,3-34,37-40,43-44H2,1-2H3/t45?,46?,47-,48-,49?,50?,57+,58+/m0/s1. The Kier molecular flexibility index (Phi) is 21.1. The van der Waals surface area contributed by atoms with E-state index in [2.05, 4.69) is 13.8 Å². The fourth-order valence-corrected chi connectivity index (χ4v) is 14.5. The molecule has 7 heteroatoms. The van der Waals surface area contributed by atoms with Crippen molar-refractivity contribution in [3.05, 3.63) is 47.6 Å². The minimum atomic E-state index is -2.51. The van der Waals surface area contributed by atoms with Gasteiger partial charge in [0.25, 0.3) is 0 Å². The van der Waals surface area contributed by atoms with Crippen LogP contribution in [0.3, 0.4) is 0 Å². The summed E-state index contributed by atoms with van der Waals surface area (Å²) in [5.74, 6) is -6.04. The number of halogens is 6. The lowest BCUT2D eigenvalue weighted by atomic mass is 9.53. The normalized spacial score (nSPS) is 32.9. The predicted molar refractivity (Wildman–Crippen MR) is 259 cm³/mol. The van der Waals surface area contributed by atoms with Crippen LogP contribution in [-0.2, 0) is 4.74 Å². The Morgan fingerprint density at radius 3 is 1.11 bits per heavy atom. The van der Waals surface area contributed by atoms with E-state index in [0.29, 0.717) is 37.5 Å². The quantitative estimate of drug-likeness (QED) is 0.0477. The van der Waals surface area contributed by atoms with Gasteiger partial charge in [-0.25, -0.2) is 26.3 Å². The molecule has 6 aliphatic rings. The Labute approximate surface area is 393 Å². The summed E-state index contributed by atoms with van der Waals surface area (Å²) in [5, 5.41) is 0. The fraction of sp³-hybridized carbons (Fsp3) is 0.862. The molecule has 0 aromatic heterocycles. The summed E-state index contributed by atoms with van der Waals surface area (Å²) < 4.78 is 106.